The summed E-state index contributed by atoms with van der Waals surface area (Å²) in [6, 6.07) is 11.7. The Morgan fingerprint density at radius 2 is 1.94 bits per heavy atom. The molecule has 2 aromatic carbocycles. The predicted octanol–water partition coefficient (Wildman–Crippen LogP) is 2.16. The molecule has 1 unspecified atom stereocenters. The molecule has 1 saturated heterocycles. The number of imide groups is 1. The number of carbonyl (C=O) groups excluding carboxylic acids is 4. The van der Waals surface area contributed by atoms with Gasteiger partial charge in [-0.1, -0.05) is 12.1 Å². The number of fused-ring (bicyclic) bond motifs is 1. The maximum absolute atomic E-state index is 12.8. The van der Waals surface area contributed by atoms with E-state index in [1.54, 1.807) is 36.7 Å². The highest BCUT2D eigenvalue weighted by Crippen LogP contribution is 2.28. The highest BCUT2D eigenvalue weighted by molar-refractivity contribution is 6.05. The number of carbonyl (C=O) groups is 4. The Morgan fingerprint density at radius 3 is 2.68 bits per heavy atom. The maximum Gasteiger partial charge on any atom is 0.319 e. The average molecular weight is 458 g/mol. The summed E-state index contributed by atoms with van der Waals surface area (Å²) >= 11 is 0. The molecule has 4 N–H and O–H groups in total. The molecule has 0 saturated carbocycles. The number of rotatable bonds is 5. The number of hydrogen-bond acceptors (Lipinski definition) is 5. The van der Waals surface area contributed by atoms with E-state index >= 15 is 0 Å². The van der Waals surface area contributed by atoms with Crippen molar-refractivity contribution in [3.05, 3.63) is 71.5 Å². The summed E-state index contributed by atoms with van der Waals surface area (Å²) in [5, 5.41) is 7.89. The number of aromatic nitrogens is 2. The van der Waals surface area contributed by atoms with E-state index in [2.05, 4.69) is 25.9 Å². The number of H-pyrrole nitrogens is 1. The Hall–Kier alpha value is -4.47. The van der Waals surface area contributed by atoms with Gasteiger partial charge in [-0.25, -0.2) is 9.78 Å². The van der Waals surface area contributed by atoms with Crippen LogP contribution in [0.25, 0.3) is 11.4 Å². The van der Waals surface area contributed by atoms with E-state index < -0.39 is 11.9 Å². The number of hydrogen-bond donors (Lipinski definition) is 4. The molecule has 0 aliphatic carbocycles. The molecule has 2 aliphatic heterocycles. The molecule has 1 atom stereocenters. The Labute approximate surface area is 194 Å². The van der Waals surface area contributed by atoms with Gasteiger partial charge in [0.05, 0.1) is 0 Å². The summed E-state index contributed by atoms with van der Waals surface area (Å²) < 4.78 is 0. The van der Waals surface area contributed by atoms with Gasteiger partial charge in [-0.3, -0.25) is 19.7 Å². The molecule has 0 radical (unpaired) electrons. The molecule has 172 valence electrons. The summed E-state index contributed by atoms with van der Waals surface area (Å²) in [5.41, 5.74) is 3.72. The zero-order valence-corrected chi connectivity index (χ0v) is 18.1. The van der Waals surface area contributed by atoms with Gasteiger partial charge in [-0.05, 0) is 47.9 Å². The molecule has 2 aliphatic rings. The van der Waals surface area contributed by atoms with Gasteiger partial charge < -0.3 is 20.5 Å². The van der Waals surface area contributed by atoms with Crippen molar-refractivity contribution in [2.75, 3.05) is 5.32 Å². The lowest BCUT2D eigenvalue weighted by Crippen LogP contribution is -2.52. The van der Waals surface area contributed by atoms with Gasteiger partial charge in [-0.15, -0.1) is 0 Å². The molecular weight excluding hydrogens is 436 g/mol. The third kappa shape index (κ3) is 4.25. The van der Waals surface area contributed by atoms with Crippen molar-refractivity contribution in [3.8, 4) is 11.4 Å². The van der Waals surface area contributed by atoms with Crippen molar-refractivity contribution < 1.29 is 19.2 Å². The average Bonchev–Trinajstić information content (AvgIpc) is 3.47. The molecular formula is C24H22N6O4. The van der Waals surface area contributed by atoms with Crippen LogP contribution in [0.5, 0.6) is 0 Å². The smallest absolute Gasteiger partial charge is 0.319 e. The van der Waals surface area contributed by atoms with Crippen molar-refractivity contribution in [1.29, 1.82) is 0 Å². The van der Waals surface area contributed by atoms with Crippen molar-refractivity contribution in [3.63, 3.8) is 0 Å². The number of nitrogens with zero attached hydrogens (tertiary/aromatic N) is 2. The lowest BCUT2D eigenvalue weighted by atomic mass is 10.0. The molecule has 3 heterocycles. The fourth-order valence-electron chi connectivity index (χ4n) is 4.23. The lowest BCUT2D eigenvalue weighted by molar-refractivity contribution is -0.136. The molecule has 1 fully saturated rings. The Kier molecular flexibility index (Phi) is 5.54. The van der Waals surface area contributed by atoms with Crippen molar-refractivity contribution >= 4 is 29.4 Å². The molecule has 1 aromatic heterocycles. The summed E-state index contributed by atoms with van der Waals surface area (Å²) in [4.78, 5) is 57.4. The van der Waals surface area contributed by atoms with Gasteiger partial charge in [0, 0.05) is 48.7 Å². The Morgan fingerprint density at radius 1 is 1.12 bits per heavy atom. The van der Waals surface area contributed by atoms with Crippen LogP contribution in [0.4, 0.5) is 10.5 Å². The van der Waals surface area contributed by atoms with Crippen LogP contribution in [0.3, 0.4) is 0 Å². The van der Waals surface area contributed by atoms with Gasteiger partial charge in [-0.2, -0.15) is 0 Å². The molecule has 34 heavy (non-hydrogen) atoms. The second-order valence-corrected chi connectivity index (χ2v) is 8.21. The monoisotopic (exact) mass is 458 g/mol. The van der Waals surface area contributed by atoms with Crippen molar-refractivity contribution in [2.24, 2.45) is 0 Å². The zero-order valence-electron chi connectivity index (χ0n) is 18.1. The number of nitrogens with one attached hydrogen (secondary N) is 4. The molecule has 10 heteroatoms. The number of aromatic amines is 1. The molecule has 5 rings (SSSR count). The predicted molar refractivity (Wildman–Crippen MR) is 122 cm³/mol. The van der Waals surface area contributed by atoms with E-state index in [4.69, 9.17) is 0 Å². The van der Waals surface area contributed by atoms with E-state index in [0.717, 1.165) is 22.5 Å². The number of piperidine rings is 1. The van der Waals surface area contributed by atoms with Gasteiger partial charge in [0.1, 0.15) is 11.9 Å². The number of benzene rings is 2. The third-order valence-electron chi connectivity index (χ3n) is 5.96. The second-order valence-electron chi connectivity index (χ2n) is 8.21. The molecule has 0 spiro atoms. The van der Waals surface area contributed by atoms with Crippen LogP contribution in [0.1, 0.15) is 34.3 Å². The summed E-state index contributed by atoms with van der Waals surface area (Å²) in [6.07, 6.45) is 3.96. The first-order chi connectivity index (χ1) is 16.5. The number of urea groups is 1. The summed E-state index contributed by atoms with van der Waals surface area (Å²) in [7, 11) is 0. The van der Waals surface area contributed by atoms with Crippen LogP contribution in [-0.2, 0) is 22.7 Å². The Bertz CT molecular complexity index is 1270. The van der Waals surface area contributed by atoms with Crippen LogP contribution in [-0.4, -0.2) is 44.7 Å². The third-order valence-corrected chi connectivity index (χ3v) is 5.96. The number of imidazole rings is 1. The first kappa shape index (κ1) is 21.4. The fraction of sp³-hybridized carbons (Fsp3) is 0.208. The lowest BCUT2D eigenvalue weighted by Gasteiger charge is -2.29. The molecule has 3 aromatic rings. The summed E-state index contributed by atoms with van der Waals surface area (Å²) in [5.74, 6) is -0.222. The SMILES string of the molecule is O=C1CCC(N2Cc3cc(CNC(=O)Nc4ccc(-c5ncc[nH]5)cc4)ccc3C2=O)C(=O)N1. The topological polar surface area (TPSA) is 136 Å². The van der Waals surface area contributed by atoms with E-state index in [-0.39, 0.29) is 30.8 Å². The van der Waals surface area contributed by atoms with E-state index in [1.807, 2.05) is 18.2 Å². The normalized spacial score (nSPS) is 17.4. The minimum atomic E-state index is -0.649. The Balaban J connectivity index is 1.18. The highest BCUT2D eigenvalue weighted by Gasteiger charge is 2.39. The van der Waals surface area contributed by atoms with Gasteiger partial charge in [0.25, 0.3) is 5.91 Å². The van der Waals surface area contributed by atoms with Crippen molar-refractivity contribution in [1.82, 2.24) is 25.5 Å². The van der Waals surface area contributed by atoms with E-state index in [1.165, 1.54) is 4.90 Å². The van der Waals surface area contributed by atoms with Crippen LogP contribution >= 0.6 is 0 Å². The largest absolute Gasteiger partial charge is 0.345 e. The molecule has 10 nitrogen and oxygen atoms in total. The van der Waals surface area contributed by atoms with Gasteiger partial charge in [0.2, 0.25) is 11.8 Å². The highest BCUT2D eigenvalue weighted by atomic mass is 16.2. The number of anilines is 1. The van der Waals surface area contributed by atoms with Crippen molar-refractivity contribution in [2.45, 2.75) is 32.0 Å². The fourth-order valence-corrected chi connectivity index (χ4v) is 4.23. The molecule has 0 bridgehead atoms. The van der Waals surface area contributed by atoms with Crippen LogP contribution < -0.4 is 16.0 Å². The van der Waals surface area contributed by atoms with E-state index in [9.17, 15) is 19.2 Å². The quantitative estimate of drug-likeness (QED) is 0.435. The second kappa shape index (κ2) is 8.81. The van der Waals surface area contributed by atoms with Crippen LogP contribution in [0, 0.1) is 0 Å². The number of amides is 5. The summed E-state index contributed by atoms with van der Waals surface area (Å²) in [6.45, 7) is 0.568. The van der Waals surface area contributed by atoms with Gasteiger partial charge >= 0.3 is 6.03 Å². The first-order valence-corrected chi connectivity index (χ1v) is 10.9. The minimum absolute atomic E-state index is 0.215. The molecule has 5 amide bonds. The zero-order chi connectivity index (χ0) is 23.7. The van der Waals surface area contributed by atoms with Crippen LogP contribution in [0.15, 0.2) is 54.9 Å². The maximum atomic E-state index is 12.8. The van der Waals surface area contributed by atoms with Crippen LogP contribution in [0.2, 0.25) is 0 Å². The van der Waals surface area contributed by atoms with Gasteiger partial charge in [0.15, 0.2) is 0 Å². The first-order valence-electron chi connectivity index (χ1n) is 10.9. The standard InChI is InChI=1S/C24H22N6O4/c31-20-8-7-19(22(32)29-20)30-13-16-11-14(1-6-18(16)23(30)33)12-27-24(34)28-17-4-2-15(3-5-17)21-25-9-10-26-21/h1-6,9-11,19H,7-8,12-13H2,(H,25,26)(H2,27,28,34)(H,29,31,32). The minimum Gasteiger partial charge on any atom is -0.345 e. The van der Waals surface area contributed by atoms with E-state index in [0.29, 0.717) is 24.2 Å².